The predicted octanol–water partition coefficient (Wildman–Crippen LogP) is 4.56. The quantitative estimate of drug-likeness (QED) is 0.568. The fourth-order valence-electron chi connectivity index (χ4n) is 2.73. The fourth-order valence-corrected chi connectivity index (χ4v) is 2.73. The van der Waals surface area contributed by atoms with Gasteiger partial charge in [0, 0.05) is 5.56 Å². The molecule has 0 spiro atoms. The van der Waals surface area contributed by atoms with Crippen LogP contribution in [-0.4, -0.2) is 4.92 Å². The first-order valence-electron chi connectivity index (χ1n) is 7.53. The van der Waals surface area contributed by atoms with Crippen LogP contribution in [0.25, 0.3) is 0 Å². The van der Waals surface area contributed by atoms with Crippen molar-refractivity contribution in [3.8, 4) is 12.1 Å². The van der Waals surface area contributed by atoms with Crippen molar-refractivity contribution in [2.75, 3.05) is 0 Å². The lowest BCUT2D eigenvalue weighted by atomic mass is 9.82. The van der Waals surface area contributed by atoms with E-state index in [0.29, 0.717) is 28.7 Å². The molecular formula is C17H21N3O2. The van der Waals surface area contributed by atoms with Crippen molar-refractivity contribution >= 4 is 5.69 Å². The standard InChI is InChI=1S/C17H21N3O2/c1-5-11(3)15-13(7-8-18)9-14(10-19)16(12(4)6-2)17(15)20(21)22/h9,11-12H,5-7H2,1-4H3. The van der Waals surface area contributed by atoms with E-state index in [2.05, 4.69) is 12.1 Å². The summed E-state index contributed by atoms with van der Waals surface area (Å²) in [5.74, 6) is -0.103. The molecule has 0 saturated heterocycles. The summed E-state index contributed by atoms with van der Waals surface area (Å²) in [6, 6.07) is 5.79. The zero-order valence-corrected chi connectivity index (χ0v) is 13.5. The molecule has 0 aliphatic heterocycles. The lowest BCUT2D eigenvalue weighted by molar-refractivity contribution is -0.386. The number of hydrogen-bond acceptors (Lipinski definition) is 4. The van der Waals surface area contributed by atoms with E-state index in [4.69, 9.17) is 5.26 Å². The molecule has 0 aliphatic carbocycles. The Hall–Kier alpha value is -2.40. The number of benzene rings is 1. The van der Waals surface area contributed by atoms with Gasteiger partial charge in [-0.1, -0.05) is 27.7 Å². The van der Waals surface area contributed by atoms with Gasteiger partial charge in [0.2, 0.25) is 0 Å². The van der Waals surface area contributed by atoms with Crippen molar-refractivity contribution in [2.24, 2.45) is 0 Å². The Balaban J connectivity index is 3.89. The number of nitriles is 2. The molecule has 0 radical (unpaired) electrons. The second kappa shape index (κ2) is 7.56. The van der Waals surface area contributed by atoms with Crippen LogP contribution in [0.15, 0.2) is 6.07 Å². The van der Waals surface area contributed by atoms with Gasteiger partial charge in [-0.25, -0.2) is 0 Å². The first-order valence-corrected chi connectivity index (χ1v) is 7.53. The van der Waals surface area contributed by atoms with Gasteiger partial charge in [0.25, 0.3) is 5.69 Å². The van der Waals surface area contributed by atoms with E-state index in [1.165, 1.54) is 0 Å². The van der Waals surface area contributed by atoms with Crippen molar-refractivity contribution in [1.29, 1.82) is 10.5 Å². The van der Waals surface area contributed by atoms with Gasteiger partial charge < -0.3 is 0 Å². The van der Waals surface area contributed by atoms with E-state index in [-0.39, 0.29) is 28.9 Å². The molecule has 116 valence electrons. The van der Waals surface area contributed by atoms with E-state index >= 15 is 0 Å². The van der Waals surface area contributed by atoms with Gasteiger partial charge in [0.05, 0.1) is 34.6 Å². The highest BCUT2D eigenvalue weighted by Gasteiger charge is 2.31. The van der Waals surface area contributed by atoms with Crippen molar-refractivity contribution in [1.82, 2.24) is 0 Å². The lowest BCUT2D eigenvalue weighted by Crippen LogP contribution is -2.11. The molecule has 0 fully saturated rings. The van der Waals surface area contributed by atoms with Crippen molar-refractivity contribution in [2.45, 2.75) is 58.8 Å². The third kappa shape index (κ3) is 3.26. The molecule has 0 N–H and O–H groups in total. The van der Waals surface area contributed by atoms with Crippen LogP contribution >= 0.6 is 0 Å². The Morgan fingerprint density at radius 1 is 1.18 bits per heavy atom. The van der Waals surface area contributed by atoms with E-state index in [1.807, 2.05) is 27.7 Å². The van der Waals surface area contributed by atoms with Gasteiger partial charge in [0.15, 0.2) is 0 Å². The first kappa shape index (κ1) is 17.7. The van der Waals surface area contributed by atoms with E-state index in [1.54, 1.807) is 6.07 Å². The molecule has 0 aromatic heterocycles. The summed E-state index contributed by atoms with van der Waals surface area (Å²) in [7, 11) is 0. The largest absolute Gasteiger partial charge is 0.277 e. The highest BCUT2D eigenvalue weighted by atomic mass is 16.6. The number of nitro benzene ring substituents is 1. The molecule has 22 heavy (non-hydrogen) atoms. The van der Waals surface area contributed by atoms with Crippen molar-refractivity contribution in [3.63, 3.8) is 0 Å². The third-order valence-electron chi connectivity index (χ3n) is 4.25. The molecule has 0 bridgehead atoms. The van der Waals surface area contributed by atoms with Gasteiger partial charge in [-0.15, -0.1) is 0 Å². The molecule has 2 atom stereocenters. The molecule has 1 aromatic carbocycles. The van der Waals surface area contributed by atoms with Crippen LogP contribution in [0.1, 0.15) is 74.6 Å². The van der Waals surface area contributed by atoms with Gasteiger partial charge in [-0.2, -0.15) is 10.5 Å². The minimum atomic E-state index is -0.384. The van der Waals surface area contributed by atoms with Crippen molar-refractivity contribution in [3.05, 3.63) is 38.4 Å². The van der Waals surface area contributed by atoms with Gasteiger partial charge in [-0.05, 0) is 36.3 Å². The van der Waals surface area contributed by atoms with Crippen LogP contribution in [-0.2, 0) is 6.42 Å². The summed E-state index contributed by atoms with van der Waals surface area (Å²) in [5.41, 5.74) is 2.08. The minimum absolute atomic E-state index is 0.0284. The molecule has 0 heterocycles. The van der Waals surface area contributed by atoms with Gasteiger partial charge in [0.1, 0.15) is 0 Å². The number of nitrogens with zero attached hydrogens (tertiary/aromatic N) is 3. The average Bonchev–Trinajstić information content (AvgIpc) is 2.52. The highest BCUT2D eigenvalue weighted by Crippen LogP contribution is 2.41. The molecule has 0 saturated carbocycles. The summed E-state index contributed by atoms with van der Waals surface area (Å²) in [5, 5.41) is 30.1. The predicted molar refractivity (Wildman–Crippen MR) is 84.5 cm³/mol. The smallest absolute Gasteiger partial charge is 0.258 e. The Labute approximate surface area is 131 Å². The summed E-state index contributed by atoms with van der Waals surface area (Å²) in [4.78, 5) is 11.3. The number of nitro groups is 1. The minimum Gasteiger partial charge on any atom is -0.258 e. The lowest BCUT2D eigenvalue weighted by Gasteiger charge is -2.20. The van der Waals surface area contributed by atoms with E-state index in [9.17, 15) is 15.4 Å². The summed E-state index contributed by atoms with van der Waals surface area (Å²) >= 11 is 0. The highest BCUT2D eigenvalue weighted by molar-refractivity contribution is 5.62. The van der Waals surface area contributed by atoms with Crippen LogP contribution in [0, 0.1) is 32.8 Å². The van der Waals surface area contributed by atoms with Crippen LogP contribution in [0.4, 0.5) is 5.69 Å². The number of rotatable bonds is 6. The zero-order chi connectivity index (χ0) is 16.9. The van der Waals surface area contributed by atoms with Gasteiger partial charge >= 0.3 is 0 Å². The molecule has 2 unspecified atom stereocenters. The Kier molecular flexibility index (Phi) is 6.07. The molecule has 5 nitrogen and oxygen atoms in total. The van der Waals surface area contributed by atoms with Crippen molar-refractivity contribution < 1.29 is 4.92 Å². The van der Waals surface area contributed by atoms with Crippen LogP contribution in [0.3, 0.4) is 0 Å². The summed E-state index contributed by atoms with van der Waals surface area (Å²) < 4.78 is 0. The van der Waals surface area contributed by atoms with Gasteiger partial charge in [-0.3, -0.25) is 10.1 Å². The molecule has 1 rings (SSSR count). The Bertz CT molecular complexity index is 653. The monoisotopic (exact) mass is 299 g/mol. The maximum atomic E-state index is 11.7. The average molecular weight is 299 g/mol. The normalized spacial score (nSPS) is 13.0. The summed E-state index contributed by atoms with van der Waals surface area (Å²) in [6.07, 6.45) is 1.54. The molecule has 0 amide bonds. The second-order valence-corrected chi connectivity index (χ2v) is 5.58. The van der Waals surface area contributed by atoms with Crippen LogP contribution in [0.5, 0.6) is 0 Å². The fraction of sp³-hybridized carbons (Fsp3) is 0.529. The summed E-state index contributed by atoms with van der Waals surface area (Å²) in [6.45, 7) is 7.73. The SMILES string of the molecule is CCC(C)c1c(C#N)cc(CC#N)c(C(C)CC)c1[N+](=O)[O-]. The second-order valence-electron chi connectivity index (χ2n) is 5.58. The molecule has 5 heteroatoms. The molecule has 1 aromatic rings. The third-order valence-corrected chi connectivity index (χ3v) is 4.25. The number of hydrogen-bond donors (Lipinski definition) is 0. The van der Waals surface area contributed by atoms with E-state index < -0.39 is 0 Å². The van der Waals surface area contributed by atoms with E-state index in [0.717, 1.165) is 6.42 Å². The van der Waals surface area contributed by atoms with Crippen LogP contribution < -0.4 is 0 Å². The first-order chi connectivity index (χ1) is 10.4. The zero-order valence-electron chi connectivity index (χ0n) is 13.5. The molecule has 0 aliphatic rings. The molecular weight excluding hydrogens is 278 g/mol. The van der Waals surface area contributed by atoms with Crippen LogP contribution in [0.2, 0.25) is 0 Å². The topological polar surface area (TPSA) is 90.7 Å². The maximum Gasteiger partial charge on any atom is 0.277 e. The Morgan fingerprint density at radius 3 is 2.14 bits per heavy atom. The Morgan fingerprint density at radius 2 is 1.73 bits per heavy atom. The maximum absolute atomic E-state index is 11.7.